The van der Waals surface area contributed by atoms with Crippen molar-refractivity contribution in [2.24, 2.45) is 0 Å². The Morgan fingerprint density at radius 2 is 1.78 bits per heavy atom. The van der Waals surface area contributed by atoms with Crippen LogP contribution in [-0.2, 0) is 16.0 Å². The lowest BCUT2D eigenvalue weighted by Gasteiger charge is -2.26. The van der Waals surface area contributed by atoms with E-state index in [4.69, 9.17) is 9.47 Å². The summed E-state index contributed by atoms with van der Waals surface area (Å²) < 4.78 is 11.2. The fourth-order valence-electron chi connectivity index (χ4n) is 3.70. The molecule has 140 valence electrons. The van der Waals surface area contributed by atoms with E-state index in [1.165, 1.54) is 11.1 Å². The zero-order valence-corrected chi connectivity index (χ0v) is 14.9. The molecule has 1 heterocycles. The summed E-state index contributed by atoms with van der Waals surface area (Å²) in [6.45, 7) is 0.106. The van der Waals surface area contributed by atoms with Gasteiger partial charge in [0.2, 0.25) is 12.0 Å². The Hall–Kier alpha value is -3.02. The molecule has 1 aliphatic carbocycles. The molecular weight excluding hydrogens is 344 g/mol. The van der Waals surface area contributed by atoms with Gasteiger partial charge >= 0.3 is 0 Å². The number of hydrogen-bond acceptors (Lipinski definition) is 4. The van der Waals surface area contributed by atoms with Crippen LogP contribution >= 0.6 is 0 Å². The van der Waals surface area contributed by atoms with E-state index in [2.05, 4.69) is 23.0 Å². The van der Waals surface area contributed by atoms with E-state index in [1.807, 2.05) is 24.3 Å². The highest BCUT2D eigenvalue weighted by atomic mass is 16.6. The summed E-state index contributed by atoms with van der Waals surface area (Å²) in [5.74, 6) is 0.688. The van der Waals surface area contributed by atoms with Crippen molar-refractivity contribution in [2.45, 2.75) is 37.7 Å². The summed E-state index contributed by atoms with van der Waals surface area (Å²) in [5, 5.41) is 0. The molecular formula is C21H22N2O4. The number of aryl methyl sites for hydroxylation is 1. The number of amides is 2. The van der Waals surface area contributed by atoms with Gasteiger partial charge < -0.3 is 9.47 Å². The van der Waals surface area contributed by atoms with Crippen LogP contribution in [0.2, 0.25) is 0 Å². The number of nitrogens with one attached hydrogen (secondary N) is 2. The first-order valence-electron chi connectivity index (χ1n) is 9.25. The zero-order chi connectivity index (χ0) is 18.6. The summed E-state index contributed by atoms with van der Waals surface area (Å²) in [7, 11) is 0. The van der Waals surface area contributed by atoms with Gasteiger partial charge in [-0.25, -0.2) is 0 Å². The third-order valence-corrected chi connectivity index (χ3v) is 5.05. The molecule has 0 saturated heterocycles. The highest BCUT2D eigenvalue weighted by molar-refractivity contribution is 5.85. The fourth-order valence-corrected chi connectivity index (χ4v) is 3.70. The van der Waals surface area contributed by atoms with Crippen molar-refractivity contribution in [1.82, 2.24) is 10.9 Å². The van der Waals surface area contributed by atoms with Crippen LogP contribution in [0.5, 0.6) is 11.5 Å². The minimum absolute atomic E-state index is 0.106. The molecule has 0 fully saturated rings. The van der Waals surface area contributed by atoms with Crippen molar-refractivity contribution in [3.8, 4) is 11.5 Å². The standard InChI is InChI=1S/C21H22N2O4/c24-20(12-15-8-5-7-14-6-1-2-9-16(14)15)22-23-21(25)19-13-26-17-10-3-4-11-18(17)27-19/h1-4,6,9-11,15,19H,5,7-8,12-13H2,(H,22,24)(H,23,25). The third-order valence-electron chi connectivity index (χ3n) is 5.05. The first kappa shape index (κ1) is 17.4. The molecule has 6 nitrogen and oxygen atoms in total. The topological polar surface area (TPSA) is 76.7 Å². The highest BCUT2D eigenvalue weighted by Crippen LogP contribution is 2.33. The van der Waals surface area contributed by atoms with Crippen molar-refractivity contribution in [3.05, 3.63) is 59.7 Å². The van der Waals surface area contributed by atoms with E-state index < -0.39 is 12.0 Å². The van der Waals surface area contributed by atoms with Crippen LogP contribution in [0.3, 0.4) is 0 Å². The molecule has 2 aromatic carbocycles. The molecule has 0 spiro atoms. The molecule has 2 amide bonds. The maximum atomic E-state index is 12.3. The van der Waals surface area contributed by atoms with Crippen molar-refractivity contribution in [1.29, 1.82) is 0 Å². The smallest absolute Gasteiger partial charge is 0.283 e. The number of hydrogen-bond donors (Lipinski definition) is 2. The van der Waals surface area contributed by atoms with Gasteiger partial charge in [0.05, 0.1) is 0 Å². The van der Waals surface area contributed by atoms with Gasteiger partial charge in [-0.05, 0) is 48.4 Å². The quantitative estimate of drug-likeness (QED) is 0.819. The second-order valence-electron chi connectivity index (χ2n) is 6.89. The Labute approximate surface area is 157 Å². The number of carbonyl (C=O) groups is 2. The Kier molecular flexibility index (Phi) is 4.96. The van der Waals surface area contributed by atoms with Crippen LogP contribution in [0.15, 0.2) is 48.5 Å². The summed E-state index contributed by atoms with van der Waals surface area (Å²) >= 11 is 0. The largest absolute Gasteiger partial charge is 0.485 e. The second-order valence-corrected chi connectivity index (χ2v) is 6.89. The highest BCUT2D eigenvalue weighted by Gasteiger charge is 2.28. The Morgan fingerprint density at radius 3 is 2.67 bits per heavy atom. The molecule has 0 bridgehead atoms. The maximum Gasteiger partial charge on any atom is 0.283 e. The van der Waals surface area contributed by atoms with Gasteiger partial charge in [-0.1, -0.05) is 36.4 Å². The summed E-state index contributed by atoms with van der Waals surface area (Å²) in [6.07, 6.45) is 2.67. The predicted octanol–water partition coefficient (Wildman–Crippen LogP) is 2.48. The maximum absolute atomic E-state index is 12.3. The summed E-state index contributed by atoms with van der Waals surface area (Å²) in [6, 6.07) is 15.4. The number of hydrazine groups is 1. The van der Waals surface area contributed by atoms with Gasteiger partial charge in [0, 0.05) is 6.42 Å². The first-order valence-corrected chi connectivity index (χ1v) is 9.25. The van der Waals surface area contributed by atoms with Crippen LogP contribution in [0, 0.1) is 0 Å². The number of carbonyl (C=O) groups excluding carboxylic acids is 2. The number of fused-ring (bicyclic) bond motifs is 2. The van der Waals surface area contributed by atoms with E-state index in [9.17, 15) is 9.59 Å². The SMILES string of the molecule is O=C(CC1CCCc2ccccc21)NNC(=O)C1COc2ccccc2O1. The summed E-state index contributed by atoms with van der Waals surface area (Å²) in [4.78, 5) is 24.6. The van der Waals surface area contributed by atoms with E-state index in [0.29, 0.717) is 17.9 Å². The Bertz CT molecular complexity index is 852. The van der Waals surface area contributed by atoms with Crippen LogP contribution in [0.25, 0.3) is 0 Å². The van der Waals surface area contributed by atoms with Crippen LogP contribution in [0.4, 0.5) is 0 Å². The van der Waals surface area contributed by atoms with Crippen molar-refractivity contribution >= 4 is 11.8 Å². The summed E-state index contributed by atoms with van der Waals surface area (Å²) in [5.41, 5.74) is 7.52. The lowest BCUT2D eigenvalue weighted by atomic mass is 9.81. The van der Waals surface area contributed by atoms with Crippen molar-refractivity contribution in [3.63, 3.8) is 0 Å². The number of rotatable bonds is 3. The molecule has 2 aromatic rings. The monoisotopic (exact) mass is 366 g/mol. The second kappa shape index (κ2) is 7.70. The minimum Gasteiger partial charge on any atom is -0.485 e. The minimum atomic E-state index is -0.796. The van der Waals surface area contributed by atoms with Gasteiger partial charge in [0.25, 0.3) is 5.91 Å². The molecule has 0 radical (unpaired) electrons. The van der Waals surface area contributed by atoms with Crippen LogP contribution in [0.1, 0.15) is 36.3 Å². The fraction of sp³-hybridized carbons (Fsp3) is 0.333. The molecule has 2 atom stereocenters. The third kappa shape index (κ3) is 3.89. The van der Waals surface area contributed by atoms with Gasteiger partial charge in [0.1, 0.15) is 6.61 Å². The van der Waals surface area contributed by atoms with Crippen molar-refractivity contribution < 1.29 is 19.1 Å². The lowest BCUT2D eigenvalue weighted by Crippen LogP contribution is -2.51. The van der Waals surface area contributed by atoms with E-state index in [0.717, 1.165) is 19.3 Å². The molecule has 4 rings (SSSR count). The van der Waals surface area contributed by atoms with Gasteiger partial charge in [-0.2, -0.15) is 0 Å². The number of ether oxygens (including phenoxy) is 2. The van der Waals surface area contributed by atoms with Crippen LogP contribution in [-0.4, -0.2) is 24.5 Å². The van der Waals surface area contributed by atoms with Gasteiger partial charge in [0.15, 0.2) is 11.5 Å². The Balaban J connectivity index is 1.29. The molecule has 0 aromatic heterocycles. The molecule has 1 aliphatic heterocycles. The normalized spacial score (nSPS) is 20.3. The zero-order valence-electron chi connectivity index (χ0n) is 14.9. The lowest BCUT2D eigenvalue weighted by molar-refractivity contribution is -0.135. The average molecular weight is 366 g/mol. The molecule has 6 heteroatoms. The van der Waals surface area contributed by atoms with E-state index >= 15 is 0 Å². The van der Waals surface area contributed by atoms with E-state index in [-0.39, 0.29) is 18.4 Å². The number of benzene rings is 2. The van der Waals surface area contributed by atoms with E-state index in [1.54, 1.807) is 12.1 Å². The van der Waals surface area contributed by atoms with Crippen molar-refractivity contribution in [2.75, 3.05) is 6.61 Å². The molecule has 0 saturated carbocycles. The van der Waals surface area contributed by atoms with Gasteiger partial charge in [-0.3, -0.25) is 20.4 Å². The first-order chi connectivity index (χ1) is 13.2. The predicted molar refractivity (Wildman–Crippen MR) is 99.4 cm³/mol. The molecule has 2 N–H and O–H groups in total. The van der Waals surface area contributed by atoms with Gasteiger partial charge in [-0.15, -0.1) is 0 Å². The molecule has 2 aliphatic rings. The Morgan fingerprint density at radius 1 is 1.00 bits per heavy atom. The molecule has 27 heavy (non-hydrogen) atoms. The average Bonchev–Trinajstić information content (AvgIpc) is 2.72. The van der Waals surface area contributed by atoms with Crippen LogP contribution < -0.4 is 20.3 Å². The number of para-hydroxylation sites is 2. The molecule has 2 unspecified atom stereocenters.